The van der Waals surface area contributed by atoms with Crippen LogP contribution in [0.1, 0.15) is 58.3 Å². The lowest BCUT2D eigenvalue weighted by Gasteiger charge is -2.28. The summed E-state index contributed by atoms with van der Waals surface area (Å²) in [6.07, 6.45) is 24.7. The topological polar surface area (TPSA) is 0 Å². The zero-order valence-corrected chi connectivity index (χ0v) is 12.2. The van der Waals surface area contributed by atoms with E-state index in [1.54, 1.807) is 11.1 Å². The Morgan fingerprint density at radius 3 is 2.37 bits per heavy atom. The molecule has 0 amide bonds. The summed E-state index contributed by atoms with van der Waals surface area (Å²) in [6.45, 7) is 2.48. The summed E-state index contributed by atoms with van der Waals surface area (Å²) >= 11 is 0. The number of allylic oxidation sites excluding steroid dienone is 8. The van der Waals surface area contributed by atoms with Crippen molar-refractivity contribution in [3.63, 3.8) is 0 Å². The van der Waals surface area contributed by atoms with Gasteiger partial charge in [-0.1, -0.05) is 54.5 Å². The van der Waals surface area contributed by atoms with Crippen LogP contribution >= 0.6 is 0 Å². The van der Waals surface area contributed by atoms with E-state index in [2.05, 4.69) is 43.4 Å². The van der Waals surface area contributed by atoms with Crippen LogP contribution in [0.15, 0.2) is 47.6 Å². The average molecular weight is 254 g/mol. The summed E-state index contributed by atoms with van der Waals surface area (Å²) in [5.74, 6) is 0.744. The smallest absolute Gasteiger partial charge is 0.00215 e. The molecule has 0 aromatic carbocycles. The minimum atomic E-state index is 0.526. The Labute approximate surface area is 118 Å². The summed E-state index contributed by atoms with van der Waals surface area (Å²) in [6, 6.07) is 0. The van der Waals surface area contributed by atoms with Crippen molar-refractivity contribution < 1.29 is 0 Å². The van der Waals surface area contributed by atoms with Crippen molar-refractivity contribution >= 4 is 0 Å². The van der Waals surface area contributed by atoms with E-state index < -0.39 is 0 Å². The molecule has 0 saturated heterocycles. The second-order valence-electron chi connectivity index (χ2n) is 6.45. The van der Waals surface area contributed by atoms with E-state index >= 15 is 0 Å². The lowest BCUT2D eigenvalue weighted by Crippen LogP contribution is -2.18. The molecule has 1 fully saturated rings. The second kappa shape index (κ2) is 5.53. The van der Waals surface area contributed by atoms with E-state index in [4.69, 9.17) is 0 Å². The van der Waals surface area contributed by atoms with Gasteiger partial charge in [-0.25, -0.2) is 0 Å². The van der Waals surface area contributed by atoms with Crippen LogP contribution in [0.5, 0.6) is 0 Å². The fourth-order valence-corrected chi connectivity index (χ4v) is 3.87. The van der Waals surface area contributed by atoms with Crippen molar-refractivity contribution in [2.45, 2.75) is 58.3 Å². The van der Waals surface area contributed by atoms with Gasteiger partial charge in [-0.05, 0) is 62.7 Å². The zero-order valence-electron chi connectivity index (χ0n) is 12.2. The van der Waals surface area contributed by atoms with Crippen LogP contribution in [0, 0.1) is 11.3 Å². The fraction of sp³-hybridized carbons (Fsp3) is 0.579. The maximum atomic E-state index is 2.48. The maximum absolute atomic E-state index is 2.48. The van der Waals surface area contributed by atoms with Crippen LogP contribution in [-0.2, 0) is 0 Å². The van der Waals surface area contributed by atoms with Crippen molar-refractivity contribution in [3.05, 3.63) is 47.6 Å². The molecule has 0 N–H and O–H groups in total. The van der Waals surface area contributed by atoms with E-state index in [9.17, 15) is 0 Å². The van der Waals surface area contributed by atoms with Gasteiger partial charge >= 0.3 is 0 Å². The lowest BCUT2D eigenvalue weighted by molar-refractivity contribution is 0.417. The molecule has 0 bridgehead atoms. The van der Waals surface area contributed by atoms with Crippen molar-refractivity contribution in [1.29, 1.82) is 0 Å². The molecule has 1 unspecified atom stereocenters. The molecule has 3 rings (SSSR count). The van der Waals surface area contributed by atoms with Crippen LogP contribution in [0.3, 0.4) is 0 Å². The van der Waals surface area contributed by atoms with Crippen molar-refractivity contribution in [2.75, 3.05) is 0 Å². The molecule has 0 aromatic heterocycles. The highest BCUT2D eigenvalue weighted by Crippen LogP contribution is 2.61. The molecule has 0 nitrogen and oxygen atoms in total. The van der Waals surface area contributed by atoms with Crippen LogP contribution < -0.4 is 0 Å². The second-order valence-corrected chi connectivity index (χ2v) is 6.45. The van der Waals surface area contributed by atoms with Gasteiger partial charge < -0.3 is 0 Å². The molecule has 3 aliphatic carbocycles. The summed E-state index contributed by atoms with van der Waals surface area (Å²) in [7, 11) is 0. The first-order valence-electron chi connectivity index (χ1n) is 8.05. The summed E-state index contributed by atoms with van der Waals surface area (Å²) < 4.78 is 0. The van der Waals surface area contributed by atoms with E-state index in [0.717, 1.165) is 5.92 Å². The third-order valence-electron chi connectivity index (χ3n) is 5.35. The normalized spacial score (nSPS) is 27.0. The van der Waals surface area contributed by atoms with E-state index in [-0.39, 0.29) is 0 Å². The Morgan fingerprint density at radius 2 is 1.63 bits per heavy atom. The van der Waals surface area contributed by atoms with Crippen molar-refractivity contribution in [2.24, 2.45) is 11.3 Å². The standard InChI is InChI=1S/C19H26/c1-16(17-10-6-2-3-7-11-17)19(14-15-19)18-12-8-4-5-9-13-18/h2,4,6,8,10,12,16H,3,5,7,9,11,13-15H2,1H3. The summed E-state index contributed by atoms with van der Waals surface area (Å²) in [4.78, 5) is 0. The minimum Gasteiger partial charge on any atom is -0.0845 e. The molecule has 1 atom stereocenters. The zero-order chi connectivity index (χ0) is 13.1. The number of hydrogen-bond donors (Lipinski definition) is 0. The highest BCUT2D eigenvalue weighted by Gasteiger charge is 2.50. The van der Waals surface area contributed by atoms with Crippen molar-refractivity contribution in [3.8, 4) is 0 Å². The molecule has 19 heavy (non-hydrogen) atoms. The fourth-order valence-electron chi connectivity index (χ4n) is 3.87. The summed E-state index contributed by atoms with van der Waals surface area (Å²) in [5.41, 5.74) is 3.96. The third kappa shape index (κ3) is 2.63. The highest BCUT2D eigenvalue weighted by atomic mass is 14.5. The average Bonchev–Trinajstić information content (AvgIpc) is 3.25. The van der Waals surface area contributed by atoms with E-state index in [1.165, 1.54) is 51.4 Å². The van der Waals surface area contributed by atoms with Crippen LogP contribution in [0.2, 0.25) is 0 Å². The molecule has 0 heteroatoms. The van der Waals surface area contributed by atoms with Gasteiger partial charge in [0, 0.05) is 0 Å². The first-order valence-corrected chi connectivity index (χ1v) is 8.05. The largest absolute Gasteiger partial charge is 0.0845 e. The van der Waals surface area contributed by atoms with E-state index in [1.807, 2.05) is 0 Å². The highest BCUT2D eigenvalue weighted by molar-refractivity contribution is 5.33. The summed E-state index contributed by atoms with van der Waals surface area (Å²) in [5, 5.41) is 0. The monoisotopic (exact) mass is 254 g/mol. The van der Waals surface area contributed by atoms with Gasteiger partial charge in [0.1, 0.15) is 0 Å². The Kier molecular flexibility index (Phi) is 3.77. The van der Waals surface area contributed by atoms with Gasteiger partial charge in [0.15, 0.2) is 0 Å². The van der Waals surface area contributed by atoms with Gasteiger partial charge in [0.25, 0.3) is 0 Å². The first kappa shape index (κ1) is 13.0. The number of rotatable bonds is 3. The van der Waals surface area contributed by atoms with Crippen molar-refractivity contribution in [1.82, 2.24) is 0 Å². The molecule has 0 aromatic rings. The molecular weight excluding hydrogens is 228 g/mol. The van der Waals surface area contributed by atoms with Crippen LogP contribution in [0.25, 0.3) is 0 Å². The predicted octanol–water partition coefficient (Wildman–Crippen LogP) is 5.74. The van der Waals surface area contributed by atoms with Gasteiger partial charge in [-0.3, -0.25) is 0 Å². The Morgan fingerprint density at radius 1 is 0.947 bits per heavy atom. The van der Waals surface area contributed by atoms with Gasteiger partial charge in [0.05, 0.1) is 0 Å². The first-order chi connectivity index (χ1) is 9.33. The quantitative estimate of drug-likeness (QED) is 0.603. The van der Waals surface area contributed by atoms with Gasteiger partial charge in [0.2, 0.25) is 0 Å². The number of hydrogen-bond acceptors (Lipinski definition) is 0. The van der Waals surface area contributed by atoms with E-state index in [0.29, 0.717) is 5.41 Å². The van der Waals surface area contributed by atoms with Crippen LogP contribution in [-0.4, -0.2) is 0 Å². The van der Waals surface area contributed by atoms with Gasteiger partial charge in [-0.2, -0.15) is 0 Å². The Balaban J connectivity index is 1.80. The molecule has 1 saturated carbocycles. The minimum absolute atomic E-state index is 0.526. The molecular formula is C19H26. The third-order valence-corrected chi connectivity index (χ3v) is 5.35. The maximum Gasteiger partial charge on any atom is -0.00215 e. The molecule has 0 spiro atoms. The van der Waals surface area contributed by atoms with Gasteiger partial charge in [-0.15, -0.1) is 0 Å². The Hall–Kier alpha value is -1.04. The molecule has 0 aliphatic heterocycles. The van der Waals surface area contributed by atoms with Crippen LogP contribution in [0.4, 0.5) is 0 Å². The Bertz CT molecular complexity index is 441. The predicted molar refractivity (Wildman–Crippen MR) is 83.0 cm³/mol. The molecule has 0 radical (unpaired) electrons. The molecule has 102 valence electrons. The molecule has 0 heterocycles. The SMILES string of the molecule is CC(C1=CC=CCCC1)C1(C2=CC=CCCC2)CC1. The lowest BCUT2D eigenvalue weighted by atomic mass is 9.76. The molecule has 3 aliphatic rings.